The molecule has 1 atom stereocenters. The van der Waals surface area contributed by atoms with Gasteiger partial charge in [-0.05, 0) is 38.2 Å². The summed E-state index contributed by atoms with van der Waals surface area (Å²) in [5.74, 6) is 4.61. The fraction of sp³-hybridized carbons (Fsp3) is 0.824. The van der Waals surface area contributed by atoms with Gasteiger partial charge in [0.05, 0.1) is 6.54 Å². The van der Waals surface area contributed by atoms with Gasteiger partial charge in [0.1, 0.15) is 5.82 Å². The minimum Gasteiger partial charge on any atom is -0.357 e. The molecule has 136 valence electrons. The highest BCUT2D eigenvalue weighted by Gasteiger charge is 2.23. The van der Waals surface area contributed by atoms with Crippen LogP contribution in [0.2, 0.25) is 0 Å². The molecule has 24 heavy (non-hydrogen) atoms. The fourth-order valence-electron chi connectivity index (χ4n) is 2.75. The summed E-state index contributed by atoms with van der Waals surface area (Å²) in [5, 5.41) is 11.6. The predicted molar refractivity (Wildman–Crippen MR) is 103 cm³/mol. The van der Waals surface area contributed by atoms with E-state index in [1.165, 1.54) is 12.2 Å². The third-order valence-corrected chi connectivity index (χ3v) is 4.80. The van der Waals surface area contributed by atoms with Gasteiger partial charge in [-0.1, -0.05) is 13.8 Å². The molecule has 0 radical (unpaired) electrons. The van der Waals surface area contributed by atoms with E-state index in [2.05, 4.69) is 52.4 Å². The maximum Gasteiger partial charge on any atom is 0.191 e. The Morgan fingerprint density at radius 3 is 2.96 bits per heavy atom. The zero-order chi connectivity index (χ0) is 17.4. The van der Waals surface area contributed by atoms with Crippen LogP contribution in [0.4, 0.5) is 0 Å². The van der Waals surface area contributed by atoms with Gasteiger partial charge in [-0.3, -0.25) is 4.99 Å². The van der Waals surface area contributed by atoms with Gasteiger partial charge in [0.2, 0.25) is 0 Å². The van der Waals surface area contributed by atoms with Gasteiger partial charge in [0.15, 0.2) is 11.8 Å². The minimum atomic E-state index is 0.364. The molecule has 1 aliphatic rings. The van der Waals surface area contributed by atoms with Crippen LogP contribution < -0.4 is 10.6 Å². The quantitative estimate of drug-likeness (QED) is 0.427. The molecular weight excluding hydrogens is 320 g/mol. The number of hydrogen-bond donors (Lipinski definition) is 2. The number of rotatable bonds is 8. The highest BCUT2D eigenvalue weighted by Crippen LogP contribution is 2.16. The monoisotopic (exact) mass is 352 g/mol. The summed E-state index contributed by atoms with van der Waals surface area (Å²) in [4.78, 5) is 9.36. The molecule has 2 N–H and O–H groups in total. The average Bonchev–Trinajstić information content (AvgIpc) is 2.98. The van der Waals surface area contributed by atoms with Gasteiger partial charge in [-0.2, -0.15) is 16.9 Å². The van der Waals surface area contributed by atoms with E-state index in [-0.39, 0.29) is 0 Å². The molecule has 0 saturated heterocycles. The van der Waals surface area contributed by atoms with Gasteiger partial charge in [0, 0.05) is 31.5 Å². The first kappa shape index (κ1) is 19.1. The molecule has 1 aliphatic heterocycles. The van der Waals surface area contributed by atoms with Gasteiger partial charge >= 0.3 is 0 Å². The summed E-state index contributed by atoms with van der Waals surface area (Å²) in [6.45, 7) is 9.03. The molecule has 0 spiro atoms. The highest BCUT2D eigenvalue weighted by atomic mass is 32.2. The molecule has 0 amide bonds. The fourth-order valence-corrected chi connectivity index (χ4v) is 3.25. The normalized spacial score (nSPS) is 17.9. The van der Waals surface area contributed by atoms with Gasteiger partial charge in [-0.15, -0.1) is 0 Å². The molecule has 6 nitrogen and oxygen atoms in total. The Hall–Kier alpha value is -1.24. The van der Waals surface area contributed by atoms with Crippen LogP contribution >= 0.6 is 11.8 Å². The first-order chi connectivity index (χ1) is 11.6. The maximum atomic E-state index is 4.71. The standard InChI is InChI=1S/C17H32N6S/c1-5-18-17(19-10-6-7-11-24-4)20-14-8-9-15-21-16(13(2)3)22-23(15)12-14/h13-14H,5-12H2,1-4H3,(H2,18,19,20). The number of nitrogens with one attached hydrogen (secondary N) is 2. The second-order valence-corrected chi connectivity index (χ2v) is 7.55. The van der Waals surface area contributed by atoms with Crippen molar-refractivity contribution in [3.05, 3.63) is 11.6 Å². The second-order valence-electron chi connectivity index (χ2n) is 6.56. The zero-order valence-corrected chi connectivity index (χ0v) is 16.3. The largest absolute Gasteiger partial charge is 0.357 e. The Balaban J connectivity index is 1.89. The van der Waals surface area contributed by atoms with Gasteiger partial charge in [-0.25, -0.2) is 9.67 Å². The Morgan fingerprint density at radius 1 is 1.42 bits per heavy atom. The first-order valence-corrected chi connectivity index (χ1v) is 10.5. The first-order valence-electron chi connectivity index (χ1n) is 9.11. The number of fused-ring (bicyclic) bond motifs is 1. The number of aryl methyl sites for hydroxylation is 1. The molecular formula is C17H32N6S. The number of guanidine groups is 1. The van der Waals surface area contributed by atoms with E-state index in [1.807, 2.05) is 11.8 Å². The number of unbranched alkanes of at least 4 members (excludes halogenated alkanes) is 1. The Kier molecular flexibility index (Phi) is 7.88. The van der Waals surface area contributed by atoms with Crippen LogP contribution in [0, 0.1) is 0 Å². The number of thioether (sulfide) groups is 1. The van der Waals surface area contributed by atoms with Crippen molar-refractivity contribution in [1.29, 1.82) is 0 Å². The Morgan fingerprint density at radius 2 is 2.25 bits per heavy atom. The van der Waals surface area contributed by atoms with Gasteiger partial charge < -0.3 is 10.6 Å². The molecule has 7 heteroatoms. The lowest BCUT2D eigenvalue weighted by atomic mass is 10.1. The van der Waals surface area contributed by atoms with Crippen LogP contribution in [-0.2, 0) is 13.0 Å². The van der Waals surface area contributed by atoms with Crippen molar-refractivity contribution in [3.63, 3.8) is 0 Å². The number of nitrogens with zero attached hydrogens (tertiary/aromatic N) is 4. The van der Waals surface area contributed by atoms with Crippen molar-refractivity contribution < 1.29 is 0 Å². The Labute approximate surface area is 150 Å². The van der Waals surface area contributed by atoms with Crippen molar-refractivity contribution in [3.8, 4) is 0 Å². The van der Waals surface area contributed by atoms with E-state index in [0.29, 0.717) is 12.0 Å². The summed E-state index contributed by atoms with van der Waals surface area (Å²) in [7, 11) is 0. The molecule has 1 aromatic rings. The van der Waals surface area contributed by atoms with Crippen molar-refractivity contribution in [2.45, 2.75) is 65.0 Å². The lowest BCUT2D eigenvalue weighted by Gasteiger charge is -2.25. The van der Waals surface area contributed by atoms with Crippen LogP contribution in [0.25, 0.3) is 0 Å². The predicted octanol–water partition coefficient (Wildman–Crippen LogP) is 2.41. The van der Waals surface area contributed by atoms with Crippen molar-refractivity contribution in [2.75, 3.05) is 25.1 Å². The lowest BCUT2D eigenvalue weighted by molar-refractivity contribution is 0.391. The summed E-state index contributed by atoms with van der Waals surface area (Å²) < 4.78 is 2.07. The summed E-state index contributed by atoms with van der Waals surface area (Å²) in [5.41, 5.74) is 0. The summed E-state index contributed by atoms with van der Waals surface area (Å²) in [6.07, 6.45) is 6.58. The smallest absolute Gasteiger partial charge is 0.191 e. The van der Waals surface area contributed by atoms with Crippen LogP contribution in [0.1, 0.15) is 57.6 Å². The van der Waals surface area contributed by atoms with Gasteiger partial charge in [0.25, 0.3) is 0 Å². The summed E-state index contributed by atoms with van der Waals surface area (Å²) in [6, 6.07) is 0.364. The van der Waals surface area contributed by atoms with Crippen molar-refractivity contribution in [1.82, 2.24) is 25.4 Å². The van der Waals surface area contributed by atoms with Crippen molar-refractivity contribution in [2.24, 2.45) is 4.99 Å². The minimum absolute atomic E-state index is 0.364. The highest BCUT2D eigenvalue weighted by molar-refractivity contribution is 7.98. The molecule has 0 bridgehead atoms. The third-order valence-electron chi connectivity index (χ3n) is 4.10. The van der Waals surface area contributed by atoms with Crippen LogP contribution in [-0.4, -0.2) is 51.9 Å². The van der Waals surface area contributed by atoms with E-state index >= 15 is 0 Å². The number of hydrogen-bond acceptors (Lipinski definition) is 4. The zero-order valence-electron chi connectivity index (χ0n) is 15.5. The van der Waals surface area contributed by atoms with Crippen LogP contribution in [0.15, 0.2) is 4.99 Å². The molecule has 2 heterocycles. The van der Waals surface area contributed by atoms with E-state index in [9.17, 15) is 0 Å². The molecule has 1 unspecified atom stereocenters. The average molecular weight is 353 g/mol. The van der Waals surface area contributed by atoms with E-state index in [1.54, 1.807) is 0 Å². The third kappa shape index (κ3) is 5.69. The van der Waals surface area contributed by atoms with E-state index in [4.69, 9.17) is 4.99 Å². The maximum absolute atomic E-state index is 4.71. The molecule has 2 rings (SSSR count). The number of aromatic nitrogens is 3. The topological polar surface area (TPSA) is 67.1 Å². The Bertz CT molecular complexity index is 525. The van der Waals surface area contributed by atoms with Crippen LogP contribution in [0.3, 0.4) is 0 Å². The molecule has 0 saturated carbocycles. The van der Waals surface area contributed by atoms with Crippen LogP contribution in [0.5, 0.6) is 0 Å². The van der Waals surface area contributed by atoms with E-state index < -0.39 is 0 Å². The summed E-state index contributed by atoms with van der Waals surface area (Å²) >= 11 is 1.90. The second kappa shape index (κ2) is 9.91. The molecule has 0 aromatic carbocycles. The number of aliphatic imine (C=N–C) groups is 1. The molecule has 1 aromatic heterocycles. The molecule has 0 fully saturated rings. The lowest BCUT2D eigenvalue weighted by Crippen LogP contribution is -2.47. The molecule has 0 aliphatic carbocycles. The van der Waals surface area contributed by atoms with Crippen molar-refractivity contribution >= 4 is 17.7 Å². The SMILES string of the molecule is CCNC(=NCCCCSC)NC1CCc2nc(C(C)C)nn2C1. The van der Waals surface area contributed by atoms with E-state index in [0.717, 1.165) is 56.5 Å².